The molecule has 1 nitrogen and oxygen atoms in total. The van der Waals surface area contributed by atoms with Gasteiger partial charge in [-0.05, 0) is 34.6 Å². The van der Waals surface area contributed by atoms with Gasteiger partial charge in [-0.1, -0.05) is 113 Å². The van der Waals surface area contributed by atoms with Gasteiger partial charge in [0.2, 0.25) is 0 Å². The number of hydrogen-bond donors (Lipinski definition) is 1. The fraction of sp³-hybridized carbons (Fsp3) is 0.357. The Labute approximate surface area is 176 Å². The van der Waals surface area contributed by atoms with Crippen LogP contribution in [-0.2, 0) is 0 Å². The van der Waals surface area contributed by atoms with Crippen molar-refractivity contribution in [1.82, 2.24) is 0 Å². The molecule has 0 heterocycles. The van der Waals surface area contributed by atoms with E-state index in [4.69, 9.17) is 0 Å². The summed E-state index contributed by atoms with van der Waals surface area (Å²) in [6.45, 7) is 9.12. The van der Waals surface area contributed by atoms with Crippen molar-refractivity contribution in [3.8, 4) is 5.75 Å². The van der Waals surface area contributed by atoms with Gasteiger partial charge in [0.25, 0.3) is 0 Å². The number of phenols is 1. The van der Waals surface area contributed by atoms with Crippen molar-refractivity contribution < 1.29 is 5.11 Å². The standard InChI is InChI=1S/C28H34O/c1-5-20(3)26(22-14-9-7-10-15-22)24-18-13-19-25(29)28(24)27(21(4)6-2)23-16-11-8-12-17-23/h7-21,26-27,29H,5-6H2,1-4H3. The predicted molar refractivity (Wildman–Crippen MR) is 124 cm³/mol. The van der Waals surface area contributed by atoms with Gasteiger partial charge in [-0.15, -0.1) is 0 Å². The first-order chi connectivity index (χ1) is 14.1. The summed E-state index contributed by atoms with van der Waals surface area (Å²) in [4.78, 5) is 0. The zero-order valence-corrected chi connectivity index (χ0v) is 18.2. The number of benzene rings is 3. The summed E-state index contributed by atoms with van der Waals surface area (Å²) >= 11 is 0. The Morgan fingerprint density at radius 2 is 1.10 bits per heavy atom. The molecule has 0 bridgehead atoms. The minimum absolute atomic E-state index is 0.174. The predicted octanol–water partition coefficient (Wildman–Crippen LogP) is 7.75. The molecule has 0 spiro atoms. The van der Waals surface area contributed by atoms with Gasteiger partial charge in [-0.3, -0.25) is 0 Å². The Morgan fingerprint density at radius 3 is 1.62 bits per heavy atom. The molecule has 0 aromatic heterocycles. The largest absolute Gasteiger partial charge is 0.508 e. The van der Waals surface area contributed by atoms with Crippen LogP contribution in [-0.4, -0.2) is 5.11 Å². The molecule has 0 radical (unpaired) electrons. The topological polar surface area (TPSA) is 20.2 Å². The second-order valence-electron chi connectivity index (χ2n) is 8.33. The molecule has 4 atom stereocenters. The fourth-order valence-corrected chi connectivity index (χ4v) is 4.57. The first-order valence-electron chi connectivity index (χ1n) is 11.0. The lowest BCUT2D eigenvalue weighted by molar-refractivity contribution is 0.427. The summed E-state index contributed by atoms with van der Waals surface area (Å²) < 4.78 is 0. The highest BCUT2D eigenvalue weighted by molar-refractivity contribution is 5.51. The van der Waals surface area contributed by atoms with Gasteiger partial charge in [0.1, 0.15) is 5.75 Å². The van der Waals surface area contributed by atoms with Gasteiger partial charge in [-0.25, -0.2) is 0 Å². The van der Waals surface area contributed by atoms with Crippen LogP contribution >= 0.6 is 0 Å². The summed E-state index contributed by atoms with van der Waals surface area (Å²) in [5, 5.41) is 11.1. The van der Waals surface area contributed by atoms with Crippen molar-refractivity contribution in [3.05, 3.63) is 101 Å². The van der Waals surface area contributed by atoms with Crippen LogP contribution in [0.2, 0.25) is 0 Å². The van der Waals surface area contributed by atoms with Gasteiger partial charge in [0, 0.05) is 17.4 Å². The molecule has 152 valence electrons. The normalized spacial score (nSPS) is 15.4. The van der Waals surface area contributed by atoms with Crippen molar-refractivity contribution >= 4 is 0 Å². The SMILES string of the molecule is CCC(C)C(c1ccccc1)c1cccc(O)c1C(c1ccccc1)C(C)CC. The van der Waals surface area contributed by atoms with Crippen LogP contribution in [0.5, 0.6) is 5.75 Å². The summed E-state index contributed by atoms with van der Waals surface area (Å²) in [5.41, 5.74) is 4.96. The third kappa shape index (κ3) is 4.56. The highest BCUT2D eigenvalue weighted by Gasteiger charge is 2.30. The van der Waals surface area contributed by atoms with Crippen molar-refractivity contribution in [2.24, 2.45) is 11.8 Å². The number of aromatic hydroxyl groups is 1. The van der Waals surface area contributed by atoms with E-state index in [-0.39, 0.29) is 11.8 Å². The molecule has 0 aliphatic heterocycles. The van der Waals surface area contributed by atoms with Crippen LogP contribution in [0.3, 0.4) is 0 Å². The van der Waals surface area contributed by atoms with Crippen molar-refractivity contribution in [1.29, 1.82) is 0 Å². The van der Waals surface area contributed by atoms with Gasteiger partial charge in [0.15, 0.2) is 0 Å². The maximum Gasteiger partial charge on any atom is 0.119 e. The zero-order chi connectivity index (χ0) is 20.8. The van der Waals surface area contributed by atoms with Crippen LogP contribution < -0.4 is 0 Å². The van der Waals surface area contributed by atoms with Crippen molar-refractivity contribution in [3.63, 3.8) is 0 Å². The monoisotopic (exact) mass is 386 g/mol. The second-order valence-corrected chi connectivity index (χ2v) is 8.33. The molecule has 0 saturated heterocycles. The molecule has 4 unspecified atom stereocenters. The molecule has 1 heteroatoms. The van der Waals surface area contributed by atoms with Gasteiger partial charge in [0.05, 0.1) is 0 Å². The molecular weight excluding hydrogens is 352 g/mol. The molecule has 3 aromatic carbocycles. The van der Waals surface area contributed by atoms with Crippen LogP contribution in [0, 0.1) is 11.8 Å². The Bertz CT molecular complexity index is 885. The lowest BCUT2D eigenvalue weighted by Gasteiger charge is -2.32. The summed E-state index contributed by atoms with van der Waals surface area (Å²) in [7, 11) is 0. The maximum atomic E-state index is 11.1. The van der Waals surface area contributed by atoms with E-state index in [0.29, 0.717) is 17.6 Å². The Hall–Kier alpha value is -2.54. The first-order valence-corrected chi connectivity index (χ1v) is 11.0. The molecule has 0 aliphatic rings. The van der Waals surface area contributed by atoms with E-state index in [1.54, 1.807) is 0 Å². The average Bonchev–Trinajstić information content (AvgIpc) is 2.77. The Balaban J connectivity index is 2.24. The molecule has 1 N–H and O–H groups in total. The molecule has 0 saturated carbocycles. The molecule has 0 fully saturated rings. The molecule has 29 heavy (non-hydrogen) atoms. The first kappa shape index (κ1) is 21.2. The molecular formula is C28H34O. The highest BCUT2D eigenvalue weighted by Crippen LogP contribution is 2.45. The Kier molecular flexibility index (Phi) is 7.14. The van der Waals surface area contributed by atoms with E-state index >= 15 is 0 Å². The van der Waals surface area contributed by atoms with Gasteiger partial charge < -0.3 is 5.11 Å². The van der Waals surface area contributed by atoms with E-state index in [2.05, 4.69) is 94.4 Å². The lowest BCUT2D eigenvalue weighted by Crippen LogP contribution is -2.18. The summed E-state index contributed by atoms with van der Waals surface area (Å²) in [5.74, 6) is 1.76. The minimum Gasteiger partial charge on any atom is -0.508 e. The highest BCUT2D eigenvalue weighted by atomic mass is 16.3. The molecule has 3 aromatic rings. The molecule has 3 rings (SSSR count). The molecule has 0 aliphatic carbocycles. The number of hydrogen-bond acceptors (Lipinski definition) is 1. The van der Waals surface area contributed by atoms with Gasteiger partial charge >= 0.3 is 0 Å². The third-order valence-corrected chi connectivity index (χ3v) is 6.51. The van der Waals surface area contributed by atoms with E-state index < -0.39 is 0 Å². The second kappa shape index (κ2) is 9.78. The summed E-state index contributed by atoms with van der Waals surface area (Å²) in [6, 6.07) is 27.5. The fourth-order valence-electron chi connectivity index (χ4n) is 4.57. The minimum atomic E-state index is 0.174. The van der Waals surface area contributed by atoms with Crippen LogP contribution in [0.25, 0.3) is 0 Å². The van der Waals surface area contributed by atoms with Gasteiger partial charge in [-0.2, -0.15) is 0 Å². The zero-order valence-electron chi connectivity index (χ0n) is 18.2. The lowest BCUT2D eigenvalue weighted by atomic mass is 9.72. The van der Waals surface area contributed by atoms with E-state index in [1.807, 2.05) is 12.1 Å². The van der Waals surface area contributed by atoms with Crippen LogP contribution in [0.1, 0.15) is 74.6 Å². The van der Waals surface area contributed by atoms with Crippen molar-refractivity contribution in [2.75, 3.05) is 0 Å². The van der Waals surface area contributed by atoms with E-state index in [0.717, 1.165) is 18.4 Å². The maximum absolute atomic E-state index is 11.1. The number of phenolic OH excluding ortho intramolecular Hbond substituents is 1. The molecule has 0 amide bonds. The van der Waals surface area contributed by atoms with Crippen molar-refractivity contribution in [2.45, 2.75) is 52.4 Å². The average molecular weight is 387 g/mol. The smallest absolute Gasteiger partial charge is 0.119 e. The van der Waals surface area contributed by atoms with Crippen LogP contribution in [0.15, 0.2) is 78.9 Å². The summed E-state index contributed by atoms with van der Waals surface area (Å²) in [6.07, 6.45) is 2.15. The third-order valence-electron chi connectivity index (χ3n) is 6.51. The van der Waals surface area contributed by atoms with E-state index in [1.165, 1.54) is 16.7 Å². The quantitative estimate of drug-likeness (QED) is 0.419. The Morgan fingerprint density at radius 1 is 0.621 bits per heavy atom. The number of rotatable bonds is 8. The van der Waals surface area contributed by atoms with E-state index in [9.17, 15) is 5.11 Å². The van der Waals surface area contributed by atoms with Crippen LogP contribution in [0.4, 0.5) is 0 Å².